The number of aryl methyl sites for hydroxylation is 1. The first kappa shape index (κ1) is 13.3. The lowest BCUT2D eigenvalue weighted by Gasteiger charge is -1.99. The summed E-state index contributed by atoms with van der Waals surface area (Å²) in [6, 6.07) is 7.75. The Morgan fingerprint density at radius 2 is 2.05 bits per heavy atom. The molecule has 4 nitrogen and oxygen atoms in total. The molecule has 0 unspecified atom stereocenters. The summed E-state index contributed by atoms with van der Waals surface area (Å²) in [4.78, 5) is 16.4. The summed E-state index contributed by atoms with van der Waals surface area (Å²) in [5.41, 5.74) is 8.54. The normalized spacial score (nSPS) is 10.8. The van der Waals surface area contributed by atoms with Gasteiger partial charge in [-0.25, -0.2) is 9.78 Å². The largest absolute Gasteiger partial charge is 0.466 e. The van der Waals surface area contributed by atoms with Crippen LogP contribution < -0.4 is 5.73 Å². The molecule has 2 N–H and O–H groups in total. The molecule has 2 aromatic rings. The van der Waals surface area contributed by atoms with Crippen LogP contribution in [-0.4, -0.2) is 18.1 Å². The fourth-order valence-electron chi connectivity index (χ4n) is 1.67. The van der Waals surface area contributed by atoms with Crippen molar-refractivity contribution in [2.75, 3.05) is 12.8 Å². The molecule has 0 bridgehead atoms. The molecule has 5 heteroatoms. The highest BCUT2D eigenvalue weighted by Crippen LogP contribution is 2.28. The minimum Gasteiger partial charge on any atom is -0.466 e. The molecule has 0 saturated heterocycles. The highest BCUT2D eigenvalue weighted by molar-refractivity contribution is 7.15. The molecular weight excluding hydrogens is 260 g/mol. The minimum atomic E-state index is -0.368. The summed E-state index contributed by atoms with van der Waals surface area (Å²) in [5.74, 6) is -0.368. The Bertz CT molecular complexity index is 615. The first-order chi connectivity index (χ1) is 9.10. The molecule has 0 aliphatic rings. The van der Waals surface area contributed by atoms with Gasteiger partial charge in [0.05, 0.1) is 12.8 Å². The van der Waals surface area contributed by atoms with Crippen LogP contribution in [0.25, 0.3) is 17.3 Å². The fourth-order valence-corrected chi connectivity index (χ4v) is 2.38. The average Bonchev–Trinajstić information content (AvgIpc) is 2.75. The van der Waals surface area contributed by atoms with Crippen molar-refractivity contribution in [3.63, 3.8) is 0 Å². The summed E-state index contributed by atoms with van der Waals surface area (Å²) in [6.07, 6.45) is 3.10. The molecule has 0 fully saturated rings. The van der Waals surface area contributed by atoms with E-state index in [0.29, 0.717) is 5.13 Å². The van der Waals surface area contributed by atoms with Gasteiger partial charge in [-0.3, -0.25) is 0 Å². The van der Waals surface area contributed by atoms with Gasteiger partial charge < -0.3 is 10.5 Å². The highest BCUT2D eigenvalue weighted by Gasteiger charge is 2.07. The molecule has 2 rings (SSSR count). The van der Waals surface area contributed by atoms with E-state index in [-0.39, 0.29) is 5.97 Å². The number of carbonyl (C=O) groups is 1. The van der Waals surface area contributed by atoms with Crippen molar-refractivity contribution in [3.8, 4) is 11.3 Å². The molecule has 1 aromatic carbocycles. The number of hydrogen-bond acceptors (Lipinski definition) is 5. The van der Waals surface area contributed by atoms with Crippen LogP contribution in [0.5, 0.6) is 0 Å². The van der Waals surface area contributed by atoms with Gasteiger partial charge in [0.25, 0.3) is 0 Å². The van der Waals surface area contributed by atoms with Crippen LogP contribution in [0.4, 0.5) is 5.13 Å². The van der Waals surface area contributed by atoms with Crippen LogP contribution in [0.15, 0.2) is 30.3 Å². The molecule has 0 aliphatic carbocycles. The van der Waals surface area contributed by atoms with Gasteiger partial charge in [-0.2, -0.15) is 0 Å². The number of benzene rings is 1. The summed E-state index contributed by atoms with van der Waals surface area (Å²) in [5, 5.41) is 0.571. The Balaban J connectivity index is 2.21. The number of nitrogens with zero attached hydrogens (tertiary/aromatic N) is 1. The molecule has 98 valence electrons. The van der Waals surface area contributed by atoms with Crippen molar-refractivity contribution in [3.05, 3.63) is 40.8 Å². The average molecular weight is 274 g/mol. The molecule has 0 radical (unpaired) electrons. The number of aromatic nitrogens is 1. The van der Waals surface area contributed by atoms with Crippen molar-refractivity contribution in [2.24, 2.45) is 0 Å². The zero-order valence-corrected chi connectivity index (χ0v) is 11.5. The van der Waals surface area contributed by atoms with E-state index in [9.17, 15) is 4.79 Å². The van der Waals surface area contributed by atoms with E-state index in [1.54, 1.807) is 6.08 Å². The van der Waals surface area contributed by atoms with Gasteiger partial charge in [0.2, 0.25) is 0 Å². The maximum absolute atomic E-state index is 11.0. The van der Waals surface area contributed by atoms with Crippen molar-refractivity contribution in [1.82, 2.24) is 4.98 Å². The molecule has 1 heterocycles. The summed E-state index contributed by atoms with van der Waals surface area (Å²) in [7, 11) is 1.35. The number of methoxy groups -OCH3 is 1. The second kappa shape index (κ2) is 5.67. The Morgan fingerprint density at radius 3 is 2.58 bits per heavy atom. The SMILES string of the molecule is COC(=O)C=Cc1ccc(-c2nc(N)sc2C)cc1. The number of anilines is 1. The first-order valence-electron chi connectivity index (χ1n) is 5.69. The molecule has 1 aromatic heterocycles. The smallest absolute Gasteiger partial charge is 0.330 e. The number of rotatable bonds is 3. The standard InChI is InChI=1S/C14H14N2O2S/c1-9-13(16-14(15)19-9)11-6-3-10(4-7-11)5-8-12(17)18-2/h3-8H,1-2H3,(H2,15,16). The maximum atomic E-state index is 11.0. The number of ether oxygens (including phenoxy) is 1. The molecule has 0 atom stereocenters. The summed E-state index contributed by atoms with van der Waals surface area (Å²) < 4.78 is 4.54. The monoisotopic (exact) mass is 274 g/mol. The van der Waals surface area contributed by atoms with Crippen LogP contribution >= 0.6 is 11.3 Å². The van der Waals surface area contributed by atoms with Crippen molar-refractivity contribution in [1.29, 1.82) is 0 Å². The third kappa shape index (κ3) is 3.20. The number of thiazole rings is 1. The van der Waals surface area contributed by atoms with E-state index in [1.807, 2.05) is 31.2 Å². The van der Waals surface area contributed by atoms with Gasteiger partial charge in [0.15, 0.2) is 5.13 Å². The zero-order chi connectivity index (χ0) is 13.8. The zero-order valence-electron chi connectivity index (χ0n) is 10.7. The molecular formula is C14H14N2O2S. The van der Waals surface area contributed by atoms with Crippen LogP contribution in [-0.2, 0) is 9.53 Å². The lowest BCUT2D eigenvalue weighted by molar-refractivity contribution is -0.134. The van der Waals surface area contributed by atoms with Crippen LogP contribution in [0.1, 0.15) is 10.4 Å². The summed E-state index contributed by atoms with van der Waals surface area (Å²) >= 11 is 1.48. The lowest BCUT2D eigenvalue weighted by atomic mass is 10.1. The number of nitrogens with two attached hydrogens (primary N) is 1. The number of nitrogen functional groups attached to an aromatic ring is 1. The fraction of sp³-hybridized carbons (Fsp3) is 0.143. The van der Waals surface area contributed by atoms with E-state index in [1.165, 1.54) is 24.5 Å². The van der Waals surface area contributed by atoms with Crippen LogP contribution in [0.3, 0.4) is 0 Å². The molecule has 0 aliphatic heterocycles. The first-order valence-corrected chi connectivity index (χ1v) is 6.51. The molecule has 19 heavy (non-hydrogen) atoms. The van der Waals surface area contributed by atoms with Crippen LogP contribution in [0.2, 0.25) is 0 Å². The van der Waals surface area contributed by atoms with Gasteiger partial charge in [-0.05, 0) is 18.6 Å². The van der Waals surface area contributed by atoms with Crippen LogP contribution in [0, 0.1) is 6.92 Å². The van der Waals surface area contributed by atoms with Crippen molar-refractivity contribution >= 4 is 28.5 Å². The second-order valence-corrected chi connectivity index (χ2v) is 5.17. The quantitative estimate of drug-likeness (QED) is 0.690. The predicted molar refractivity (Wildman–Crippen MR) is 77.7 cm³/mol. The van der Waals surface area contributed by atoms with E-state index in [0.717, 1.165) is 21.7 Å². The predicted octanol–water partition coefficient (Wildman–Crippen LogP) is 2.89. The number of carbonyl (C=O) groups excluding carboxylic acids is 1. The van der Waals surface area contributed by atoms with E-state index in [2.05, 4.69) is 9.72 Å². The van der Waals surface area contributed by atoms with E-state index < -0.39 is 0 Å². The van der Waals surface area contributed by atoms with Gasteiger partial charge in [0, 0.05) is 16.5 Å². The number of hydrogen-bond donors (Lipinski definition) is 1. The van der Waals surface area contributed by atoms with Gasteiger partial charge in [-0.15, -0.1) is 11.3 Å². The lowest BCUT2D eigenvalue weighted by Crippen LogP contribution is -1.93. The van der Waals surface area contributed by atoms with Crippen molar-refractivity contribution in [2.45, 2.75) is 6.92 Å². The maximum Gasteiger partial charge on any atom is 0.330 e. The molecule has 0 amide bonds. The Hall–Kier alpha value is -2.14. The van der Waals surface area contributed by atoms with E-state index >= 15 is 0 Å². The third-order valence-electron chi connectivity index (χ3n) is 2.61. The minimum absolute atomic E-state index is 0.368. The van der Waals surface area contributed by atoms with Crippen molar-refractivity contribution < 1.29 is 9.53 Å². The molecule has 0 saturated carbocycles. The topological polar surface area (TPSA) is 65.2 Å². The van der Waals surface area contributed by atoms with Gasteiger partial charge in [-0.1, -0.05) is 24.3 Å². The Kier molecular flexibility index (Phi) is 3.97. The van der Waals surface area contributed by atoms with Gasteiger partial charge in [0.1, 0.15) is 0 Å². The van der Waals surface area contributed by atoms with Gasteiger partial charge >= 0.3 is 5.97 Å². The summed E-state index contributed by atoms with van der Waals surface area (Å²) in [6.45, 7) is 1.99. The second-order valence-electron chi connectivity index (χ2n) is 3.94. The Labute approximate surface area is 115 Å². The number of esters is 1. The van der Waals surface area contributed by atoms with E-state index in [4.69, 9.17) is 5.73 Å². The highest BCUT2D eigenvalue weighted by atomic mass is 32.1. The third-order valence-corrected chi connectivity index (χ3v) is 3.41. The molecule has 0 spiro atoms. The Morgan fingerprint density at radius 1 is 1.37 bits per heavy atom.